The van der Waals surface area contributed by atoms with Crippen LogP contribution in [0.1, 0.15) is 66.8 Å². The fourth-order valence-electron chi connectivity index (χ4n) is 9.95. The largest absolute Gasteiger partial charge is 0.399 e. The van der Waals surface area contributed by atoms with Crippen molar-refractivity contribution in [3.05, 3.63) is 291 Å². The summed E-state index contributed by atoms with van der Waals surface area (Å²) < 4.78 is 0. The molecule has 0 amide bonds. The fraction of sp³-hybridized carbons (Fsp3) is 0.0882. The highest BCUT2D eigenvalue weighted by Gasteiger charge is 2.09. The first-order chi connectivity index (χ1) is 36.5. The van der Waals surface area contributed by atoms with E-state index in [-0.39, 0.29) is 0 Å². The first-order valence-corrected chi connectivity index (χ1v) is 25.5. The van der Waals surface area contributed by atoms with Crippen LogP contribution in [0.3, 0.4) is 0 Å². The van der Waals surface area contributed by atoms with Crippen LogP contribution in [0.2, 0.25) is 0 Å². The highest BCUT2D eigenvalue weighted by molar-refractivity contribution is 5.95. The third-order valence-electron chi connectivity index (χ3n) is 14.1. The van der Waals surface area contributed by atoms with Crippen molar-refractivity contribution in [2.75, 3.05) is 28.7 Å². The lowest BCUT2D eigenvalue weighted by Crippen LogP contribution is -1.99. The van der Waals surface area contributed by atoms with Crippen molar-refractivity contribution in [3.63, 3.8) is 0 Å². The minimum absolute atomic E-state index is 0.746. The van der Waals surface area contributed by atoms with E-state index in [0.29, 0.717) is 0 Å². The van der Waals surface area contributed by atoms with Crippen LogP contribution in [0, 0.1) is 0 Å². The van der Waals surface area contributed by atoms with Crippen molar-refractivity contribution in [3.8, 4) is 0 Å². The molecule has 10 N–H and O–H groups in total. The van der Waals surface area contributed by atoms with Gasteiger partial charge in [0.05, 0.1) is 22.1 Å². The molecule has 0 fully saturated rings. The number of nitrogen functional groups attached to an aromatic ring is 5. The molecule has 0 aliphatic heterocycles. The number of nitrogens with two attached hydrogens (primary N) is 5. The Kier molecular flexibility index (Phi) is 13.6. The van der Waals surface area contributed by atoms with Gasteiger partial charge < -0.3 is 28.7 Å². The Morgan fingerprint density at radius 3 is 0.840 bits per heavy atom. The van der Waals surface area contributed by atoms with Gasteiger partial charge in [0, 0.05) is 50.0 Å². The molecule has 0 aliphatic rings. The molecule has 0 saturated carbocycles. The number of rotatable bonds is 12. The second-order valence-corrected chi connectivity index (χ2v) is 20.0. The van der Waals surface area contributed by atoms with E-state index in [1.54, 1.807) is 0 Å². The summed E-state index contributed by atoms with van der Waals surface area (Å²) in [6.07, 6.45) is 5.27. The maximum atomic E-state index is 6.45. The Morgan fingerprint density at radius 2 is 0.467 bits per heavy atom. The van der Waals surface area contributed by atoms with E-state index in [0.717, 1.165) is 116 Å². The minimum atomic E-state index is 0.746. The molecule has 12 rings (SSSR count). The number of anilines is 5. The lowest BCUT2D eigenvalue weighted by atomic mass is 9.96. The van der Waals surface area contributed by atoms with Crippen LogP contribution in [0.15, 0.2) is 224 Å². The average molecular weight is 974 g/mol. The van der Waals surface area contributed by atoms with Gasteiger partial charge in [-0.05, 0) is 208 Å². The smallest absolute Gasteiger partial charge is 0.0711 e. The summed E-state index contributed by atoms with van der Waals surface area (Å²) in [4.78, 5) is 9.57. The van der Waals surface area contributed by atoms with E-state index >= 15 is 0 Å². The van der Waals surface area contributed by atoms with Crippen LogP contribution in [0.25, 0.3) is 43.6 Å². The SMILES string of the molecule is Nc1ccc(Cc2ccc(Cc3ccc(Cc4ccc(N)c(Cc5ccc6nc7ccc(N)cc7cc6c5)c4)cc3)cc2)cc1.Nc1ccc(Cc2ccc(Cc3ccc4nc5ccc(N)cc5cc4c3)cc2)cc1. The highest BCUT2D eigenvalue weighted by atomic mass is 14.7. The zero-order chi connectivity index (χ0) is 51.3. The molecule has 75 heavy (non-hydrogen) atoms. The Balaban J connectivity index is 0.000000174. The van der Waals surface area contributed by atoms with Crippen molar-refractivity contribution in [2.45, 2.75) is 38.5 Å². The standard InChI is InChI=1S/C41H36N4.C27H23N3/c42-37-13-9-31(10-14-37)20-29-3-1-27(2-4-29)19-28-5-7-30(8-6-28)21-32-11-16-39(44)34(22-32)23-33-12-17-40-35(24-33)25-36-26-38(43)15-18-41(36)45-40;28-24-8-5-20(6-9-24)13-18-1-3-19(4-2-18)14-21-7-11-26-22(15-21)16-23-17-25(29)10-12-27(23)30-26/h1-18,22,24-26H,19-21,23,42-44H2;1-12,15-17H,13-14,28-29H2. The van der Waals surface area contributed by atoms with E-state index < -0.39 is 0 Å². The predicted octanol–water partition coefficient (Wildman–Crippen LogP) is 14.2. The molecule has 0 bridgehead atoms. The normalized spacial score (nSPS) is 11.3. The quantitative estimate of drug-likeness (QED) is 0.0603. The molecule has 0 spiro atoms. The second kappa shape index (κ2) is 21.3. The van der Waals surface area contributed by atoms with E-state index in [4.69, 9.17) is 38.6 Å². The highest BCUT2D eigenvalue weighted by Crippen LogP contribution is 2.28. The number of benzene rings is 10. The Labute approximate surface area is 438 Å². The van der Waals surface area contributed by atoms with Crippen molar-refractivity contribution >= 4 is 72.0 Å². The summed E-state index contributed by atoms with van der Waals surface area (Å²) >= 11 is 0. The first-order valence-electron chi connectivity index (χ1n) is 25.5. The average Bonchev–Trinajstić information content (AvgIpc) is 3.41. The van der Waals surface area contributed by atoms with Gasteiger partial charge in [0.15, 0.2) is 0 Å². The fourth-order valence-corrected chi connectivity index (χ4v) is 9.95. The van der Waals surface area contributed by atoms with Crippen LogP contribution in [0.4, 0.5) is 28.4 Å². The Hall–Kier alpha value is -9.46. The number of nitrogens with zero attached hydrogens (tertiary/aromatic N) is 2. The minimum Gasteiger partial charge on any atom is -0.399 e. The first kappa shape index (κ1) is 47.8. The number of aromatic nitrogens is 2. The summed E-state index contributed by atoms with van der Waals surface area (Å²) in [5.74, 6) is 0. The van der Waals surface area contributed by atoms with Gasteiger partial charge in [-0.2, -0.15) is 0 Å². The second-order valence-electron chi connectivity index (χ2n) is 20.0. The van der Waals surface area contributed by atoms with Crippen molar-refractivity contribution in [1.82, 2.24) is 9.97 Å². The van der Waals surface area contributed by atoms with E-state index in [1.165, 1.54) is 61.2 Å². The van der Waals surface area contributed by atoms with Gasteiger partial charge in [0.2, 0.25) is 0 Å². The van der Waals surface area contributed by atoms with Gasteiger partial charge in [0.1, 0.15) is 0 Å². The topological polar surface area (TPSA) is 156 Å². The molecule has 2 aromatic heterocycles. The molecule has 0 aliphatic carbocycles. The predicted molar refractivity (Wildman–Crippen MR) is 316 cm³/mol. The van der Waals surface area contributed by atoms with Crippen molar-refractivity contribution in [1.29, 1.82) is 0 Å². The molecule has 7 heteroatoms. The van der Waals surface area contributed by atoms with Gasteiger partial charge >= 0.3 is 0 Å². The van der Waals surface area contributed by atoms with Gasteiger partial charge in [-0.15, -0.1) is 0 Å². The zero-order valence-corrected chi connectivity index (χ0v) is 41.9. The van der Waals surface area contributed by atoms with Crippen LogP contribution in [0.5, 0.6) is 0 Å². The summed E-state index contributed by atoms with van der Waals surface area (Å²) in [6.45, 7) is 0. The zero-order valence-electron chi connectivity index (χ0n) is 41.9. The molecule has 2 heterocycles. The molecule has 0 unspecified atom stereocenters. The molecular weight excluding hydrogens is 915 g/mol. The number of hydrogen-bond acceptors (Lipinski definition) is 7. The van der Waals surface area contributed by atoms with Crippen molar-refractivity contribution in [2.24, 2.45) is 0 Å². The van der Waals surface area contributed by atoms with E-state index in [9.17, 15) is 0 Å². The number of hydrogen-bond donors (Lipinski definition) is 5. The molecule has 0 atom stereocenters. The summed E-state index contributed by atoms with van der Waals surface area (Å²) in [6, 6.07) is 78.4. The molecule has 0 radical (unpaired) electrons. The van der Waals surface area contributed by atoms with E-state index in [1.807, 2.05) is 66.7 Å². The number of pyridine rings is 2. The molecule has 0 saturated heterocycles. The third-order valence-corrected chi connectivity index (χ3v) is 14.1. The summed E-state index contributed by atoms with van der Waals surface area (Å²) in [5, 5.41) is 4.38. The monoisotopic (exact) mass is 973 g/mol. The summed E-state index contributed by atoms with van der Waals surface area (Å²) in [7, 11) is 0. The molecule has 12 aromatic rings. The van der Waals surface area contributed by atoms with Crippen molar-refractivity contribution < 1.29 is 0 Å². The van der Waals surface area contributed by atoms with Gasteiger partial charge in [-0.1, -0.05) is 121 Å². The van der Waals surface area contributed by atoms with Crippen LogP contribution >= 0.6 is 0 Å². The Bertz CT molecular complexity index is 3960. The molecular formula is C68H59N7. The maximum Gasteiger partial charge on any atom is 0.0711 e. The van der Waals surface area contributed by atoms with Gasteiger partial charge in [-0.25, -0.2) is 9.97 Å². The maximum absolute atomic E-state index is 6.45. The molecule has 7 nitrogen and oxygen atoms in total. The number of fused-ring (bicyclic) bond motifs is 4. The van der Waals surface area contributed by atoms with Gasteiger partial charge in [-0.3, -0.25) is 0 Å². The van der Waals surface area contributed by atoms with Crippen LogP contribution in [-0.4, -0.2) is 9.97 Å². The molecule has 10 aromatic carbocycles. The van der Waals surface area contributed by atoms with Crippen LogP contribution < -0.4 is 28.7 Å². The summed E-state index contributed by atoms with van der Waals surface area (Å²) in [5.41, 5.74) is 53.1. The van der Waals surface area contributed by atoms with Gasteiger partial charge in [0.25, 0.3) is 0 Å². The molecule has 366 valence electrons. The van der Waals surface area contributed by atoms with E-state index in [2.05, 4.69) is 158 Å². The lowest BCUT2D eigenvalue weighted by Gasteiger charge is -2.11. The van der Waals surface area contributed by atoms with Crippen LogP contribution in [-0.2, 0) is 38.5 Å². The third kappa shape index (κ3) is 11.9. The Morgan fingerprint density at radius 1 is 0.213 bits per heavy atom. The lowest BCUT2D eigenvalue weighted by molar-refractivity contribution is 1.12.